The Morgan fingerprint density at radius 1 is 0.824 bits per heavy atom. The molecule has 0 radical (unpaired) electrons. The molecule has 3 aromatic rings. The molecule has 0 aliphatic heterocycles. The van der Waals surface area contributed by atoms with Crippen LogP contribution in [0.1, 0.15) is 36.1 Å². The molecule has 176 valence electrons. The number of nitrogens with zero attached hydrogens (tertiary/aromatic N) is 2. The van der Waals surface area contributed by atoms with E-state index in [-0.39, 0.29) is 26.1 Å². The van der Waals surface area contributed by atoms with Gasteiger partial charge in [0.15, 0.2) is 5.41 Å². The summed E-state index contributed by atoms with van der Waals surface area (Å²) in [6, 6.07) is 22.5. The highest BCUT2D eigenvalue weighted by molar-refractivity contribution is 6.01. The Labute approximate surface area is 200 Å². The van der Waals surface area contributed by atoms with E-state index in [0.29, 0.717) is 13.1 Å². The molecule has 6 heteroatoms. The number of esters is 2. The summed E-state index contributed by atoms with van der Waals surface area (Å²) in [6.07, 6.45) is 2.28. The van der Waals surface area contributed by atoms with Crippen molar-refractivity contribution in [3.05, 3.63) is 95.2 Å². The molecule has 0 saturated heterocycles. The molecule has 0 fully saturated rings. The number of ether oxygens (including phenoxy) is 2. The van der Waals surface area contributed by atoms with Crippen LogP contribution < -0.4 is 4.90 Å². The van der Waals surface area contributed by atoms with Crippen LogP contribution >= 0.6 is 0 Å². The van der Waals surface area contributed by atoms with Gasteiger partial charge in [-0.25, -0.2) is 4.98 Å². The van der Waals surface area contributed by atoms with Gasteiger partial charge in [-0.05, 0) is 48.6 Å². The van der Waals surface area contributed by atoms with Crippen molar-refractivity contribution in [3.63, 3.8) is 0 Å². The molecular formula is C28H30N2O4. The van der Waals surface area contributed by atoms with Crippen LogP contribution in [-0.2, 0) is 45.0 Å². The highest BCUT2D eigenvalue weighted by Crippen LogP contribution is 2.40. The lowest BCUT2D eigenvalue weighted by Crippen LogP contribution is -2.43. The van der Waals surface area contributed by atoms with Crippen molar-refractivity contribution in [2.45, 2.75) is 39.8 Å². The first-order valence-electron chi connectivity index (χ1n) is 11.7. The SMILES string of the molecule is CCOC(=O)C1(C(=O)OCC)Cc2cnc(N(Cc3ccccc3)Cc3ccccc3)cc2C1. The summed E-state index contributed by atoms with van der Waals surface area (Å²) in [7, 11) is 0. The van der Waals surface area contributed by atoms with Gasteiger partial charge in [-0.3, -0.25) is 9.59 Å². The van der Waals surface area contributed by atoms with Crippen LogP contribution in [0, 0.1) is 5.41 Å². The molecule has 1 aromatic heterocycles. The number of anilines is 1. The van der Waals surface area contributed by atoms with Crippen LogP contribution in [0.15, 0.2) is 72.9 Å². The molecule has 4 rings (SSSR count). The lowest BCUT2D eigenvalue weighted by molar-refractivity contribution is -0.171. The highest BCUT2D eigenvalue weighted by Gasteiger charge is 2.53. The van der Waals surface area contributed by atoms with E-state index in [1.54, 1.807) is 20.0 Å². The molecule has 2 aromatic carbocycles. The summed E-state index contributed by atoms with van der Waals surface area (Å²) in [5.74, 6) is -0.261. The van der Waals surface area contributed by atoms with Crippen LogP contribution in [0.5, 0.6) is 0 Å². The number of hydrogen-bond donors (Lipinski definition) is 0. The number of aromatic nitrogens is 1. The first-order chi connectivity index (χ1) is 16.6. The number of rotatable bonds is 9. The third-order valence-corrected chi connectivity index (χ3v) is 6.14. The van der Waals surface area contributed by atoms with Crippen LogP contribution in [0.2, 0.25) is 0 Å². The van der Waals surface area contributed by atoms with Gasteiger partial charge in [0.25, 0.3) is 0 Å². The maximum atomic E-state index is 12.9. The molecular weight excluding hydrogens is 428 g/mol. The van der Waals surface area contributed by atoms with E-state index in [1.807, 2.05) is 42.5 Å². The fraction of sp³-hybridized carbons (Fsp3) is 0.321. The fourth-order valence-electron chi connectivity index (χ4n) is 4.46. The number of carbonyl (C=O) groups is 2. The normalized spacial score (nSPS) is 13.7. The number of pyridine rings is 1. The molecule has 0 spiro atoms. The molecule has 0 unspecified atom stereocenters. The Morgan fingerprint density at radius 2 is 1.32 bits per heavy atom. The van der Waals surface area contributed by atoms with Crippen molar-refractivity contribution in [2.24, 2.45) is 5.41 Å². The van der Waals surface area contributed by atoms with E-state index in [1.165, 1.54) is 11.1 Å². The Hall–Kier alpha value is -3.67. The van der Waals surface area contributed by atoms with Gasteiger partial charge in [0.2, 0.25) is 0 Å². The molecule has 0 amide bonds. The molecule has 34 heavy (non-hydrogen) atoms. The lowest BCUT2D eigenvalue weighted by atomic mass is 9.85. The van der Waals surface area contributed by atoms with Gasteiger partial charge in [-0.2, -0.15) is 0 Å². The van der Waals surface area contributed by atoms with Crippen molar-refractivity contribution in [3.8, 4) is 0 Å². The van der Waals surface area contributed by atoms with Crippen LogP contribution in [0.3, 0.4) is 0 Å². The van der Waals surface area contributed by atoms with Crippen LogP contribution in [-0.4, -0.2) is 30.1 Å². The number of carbonyl (C=O) groups excluding carboxylic acids is 2. The van der Waals surface area contributed by atoms with Gasteiger partial charge < -0.3 is 14.4 Å². The Kier molecular flexibility index (Phi) is 7.26. The minimum absolute atomic E-state index is 0.210. The minimum Gasteiger partial charge on any atom is -0.465 e. The smallest absolute Gasteiger partial charge is 0.324 e. The van der Waals surface area contributed by atoms with E-state index < -0.39 is 17.4 Å². The zero-order chi connectivity index (χ0) is 24.0. The highest BCUT2D eigenvalue weighted by atomic mass is 16.6. The summed E-state index contributed by atoms with van der Waals surface area (Å²) in [4.78, 5) is 32.7. The summed E-state index contributed by atoms with van der Waals surface area (Å²) in [5, 5.41) is 0. The molecule has 1 aliphatic rings. The average molecular weight is 459 g/mol. The number of benzene rings is 2. The van der Waals surface area contributed by atoms with Crippen molar-refractivity contribution in [1.29, 1.82) is 0 Å². The summed E-state index contributed by atoms with van der Waals surface area (Å²) in [6.45, 7) is 5.27. The molecule has 1 aliphatic carbocycles. The molecule has 6 nitrogen and oxygen atoms in total. The maximum absolute atomic E-state index is 12.9. The van der Waals surface area contributed by atoms with Gasteiger partial charge >= 0.3 is 11.9 Å². The lowest BCUT2D eigenvalue weighted by Gasteiger charge is -2.25. The summed E-state index contributed by atoms with van der Waals surface area (Å²) < 4.78 is 10.6. The molecule has 0 N–H and O–H groups in total. The van der Waals surface area contributed by atoms with E-state index in [9.17, 15) is 9.59 Å². The van der Waals surface area contributed by atoms with Crippen molar-refractivity contribution in [1.82, 2.24) is 4.98 Å². The third kappa shape index (κ3) is 4.96. The van der Waals surface area contributed by atoms with Crippen molar-refractivity contribution < 1.29 is 19.1 Å². The van der Waals surface area contributed by atoms with Gasteiger partial charge in [-0.15, -0.1) is 0 Å². The second-order valence-electron chi connectivity index (χ2n) is 8.52. The second kappa shape index (κ2) is 10.5. The largest absolute Gasteiger partial charge is 0.465 e. The summed E-state index contributed by atoms with van der Waals surface area (Å²) in [5.41, 5.74) is 2.81. The molecule has 0 atom stereocenters. The van der Waals surface area contributed by atoms with E-state index >= 15 is 0 Å². The van der Waals surface area contributed by atoms with Crippen LogP contribution in [0.4, 0.5) is 5.82 Å². The van der Waals surface area contributed by atoms with E-state index in [4.69, 9.17) is 14.5 Å². The zero-order valence-electron chi connectivity index (χ0n) is 19.7. The average Bonchev–Trinajstić information content (AvgIpc) is 3.26. The zero-order valence-corrected chi connectivity index (χ0v) is 19.7. The van der Waals surface area contributed by atoms with Crippen LogP contribution in [0.25, 0.3) is 0 Å². The molecule has 0 bridgehead atoms. The third-order valence-electron chi connectivity index (χ3n) is 6.14. The van der Waals surface area contributed by atoms with Gasteiger partial charge in [0.1, 0.15) is 5.82 Å². The minimum atomic E-state index is -1.35. The van der Waals surface area contributed by atoms with Gasteiger partial charge in [0, 0.05) is 25.7 Å². The Bertz CT molecular complexity index is 1070. The van der Waals surface area contributed by atoms with E-state index in [0.717, 1.165) is 16.9 Å². The topological polar surface area (TPSA) is 68.7 Å². The fourth-order valence-corrected chi connectivity index (χ4v) is 4.46. The second-order valence-corrected chi connectivity index (χ2v) is 8.52. The maximum Gasteiger partial charge on any atom is 0.324 e. The van der Waals surface area contributed by atoms with Crippen molar-refractivity contribution in [2.75, 3.05) is 18.1 Å². The Balaban J connectivity index is 1.66. The first kappa shape index (κ1) is 23.5. The van der Waals surface area contributed by atoms with Gasteiger partial charge in [-0.1, -0.05) is 60.7 Å². The number of hydrogen-bond acceptors (Lipinski definition) is 6. The standard InChI is InChI=1S/C28H30N2O4/c1-3-33-26(31)28(27(32)34-4-2)16-23-15-25(29-18-24(23)17-28)30(19-21-11-7-5-8-12-21)20-22-13-9-6-10-14-22/h5-15,18H,3-4,16-17,19-20H2,1-2H3. The first-order valence-corrected chi connectivity index (χ1v) is 11.7. The quantitative estimate of drug-likeness (QED) is 0.347. The summed E-state index contributed by atoms with van der Waals surface area (Å²) >= 11 is 0. The predicted octanol–water partition coefficient (Wildman–Crippen LogP) is 4.50. The van der Waals surface area contributed by atoms with E-state index in [2.05, 4.69) is 29.2 Å². The van der Waals surface area contributed by atoms with Gasteiger partial charge in [0.05, 0.1) is 13.2 Å². The molecule has 1 heterocycles. The Morgan fingerprint density at radius 3 is 1.82 bits per heavy atom. The molecule has 0 saturated carbocycles. The predicted molar refractivity (Wildman–Crippen MR) is 130 cm³/mol. The monoisotopic (exact) mass is 458 g/mol. The number of fused-ring (bicyclic) bond motifs is 1. The van der Waals surface area contributed by atoms with Crippen molar-refractivity contribution >= 4 is 17.8 Å².